The van der Waals surface area contributed by atoms with Crippen molar-refractivity contribution in [3.05, 3.63) is 66.4 Å². The summed E-state index contributed by atoms with van der Waals surface area (Å²) in [6, 6.07) is 16.0. The Kier molecular flexibility index (Phi) is 6.32. The first-order valence-corrected chi connectivity index (χ1v) is 12.2. The van der Waals surface area contributed by atoms with Crippen LogP contribution in [0.4, 0.5) is 0 Å². The molecule has 0 bridgehead atoms. The lowest BCUT2D eigenvalue weighted by molar-refractivity contribution is 0.486. The second-order valence-corrected chi connectivity index (χ2v) is 10.3. The Bertz CT molecular complexity index is 1170. The van der Waals surface area contributed by atoms with E-state index < -0.39 is 9.84 Å². The van der Waals surface area contributed by atoms with Crippen LogP contribution in [0.2, 0.25) is 0 Å². The number of rotatable bonds is 7. The van der Waals surface area contributed by atoms with Crippen LogP contribution in [-0.4, -0.2) is 24.5 Å². The molecule has 1 aromatic heterocycles. The van der Waals surface area contributed by atoms with Gasteiger partial charge in [0.15, 0.2) is 9.84 Å². The van der Waals surface area contributed by atoms with E-state index in [2.05, 4.69) is 38.6 Å². The molecule has 0 saturated carbocycles. The second kappa shape index (κ2) is 8.60. The molecule has 0 spiro atoms. The third kappa shape index (κ3) is 4.73. The van der Waals surface area contributed by atoms with Crippen LogP contribution in [0, 0.1) is 5.92 Å². The first kappa shape index (κ1) is 22.0. The Morgan fingerprint density at radius 1 is 1.03 bits per heavy atom. The molecule has 30 heavy (non-hydrogen) atoms. The normalized spacial score (nSPS) is 11.8. The molecular weight excluding hydrogens is 392 g/mol. The molecule has 0 aliphatic rings. The molecule has 0 aliphatic heterocycles. The summed E-state index contributed by atoms with van der Waals surface area (Å²) < 4.78 is 26.4. The summed E-state index contributed by atoms with van der Waals surface area (Å²) in [6.45, 7) is 13.1. The quantitative estimate of drug-likeness (QED) is 0.478. The highest BCUT2D eigenvalue weighted by molar-refractivity contribution is 7.90. The highest BCUT2D eigenvalue weighted by Crippen LogP contribution is 2.29. The molecule has 0 N–H and O–H groups in total. The molecule has 0 saturated heterocycles. The van der Waals surface area contributed by atoms with Crippen LogP contribution in [0.15, 0.2) is 60.0 Å². The summed E-state index contributed by atoms with van der Waals surface area (Å²) in [5.74, 6) is 0.479. The van der Waals surface area contributed by atoms with Crippen LogP contribution >= 0.6 is 0 Å². The summed E-state index contributed by atoms with van der Waals surface area (Å²) in [4.78, 5) is 0.410. The Balaban J connectivity index is 2.01. The Morgan fingerprint density at radius 2 is 1.63 bits per heavy atom. The van der Waals surface area contributed by atoms with E-state index in [1.54, 1.807) is 6.07 Å². The standard InChI is InChI=1S/C25H30N2O2S/c1-7-19-8-13-22(14-25(19)30(6,28)29)20-9-11-21(12-10-20)24-15-23(18(4)5)26-27(24)16-17(2)3/h8-15,17H,4,7,16H2,1-3,5-6H3. The average molecular weight is 423 g/mol. The second-order valence-electron chi connectivity index (χ2n) is 8.30. The molecule has 158 valence electrons. The van der Waals surface area contributed by atoms with Crippen LogP contribution in [0.3, 0.4) is 0 Å². The van der Waals surface area contributed by atoms with Gasteiger partial charge in [-0.25, -0.2) is 8.42 Å². The van der Waals surface area contributed by atoms with Gasteiger partial charge in [-0.15, -0.1) is 0 Å². The number of aryl methyl sites for hydroxylation is 1. The fourth-order valence-corrected chi connectivity index (χ4v) is 4.58. The van der Waals surface area contributed by atoms with E-state index in [1.165, 1.54) is 6.26 Å². The molecule has 0 radical (unpaired) electrons. The van der Waals surface area contributed by atoms with Crippen LogP contribution in [-0.2, 0) is 22.8 Å². The first-order chi connectivity index (χ1) is 14.1. The van der Waals surface area contributed by atoms with E-state index >= 15 is 0 Å². The van der Waals surface area contributed by atoms with Crippen molar-refractivity contribution in [2.24, 2.45) is 5.92 Å². The molecule has 3 aromatic rings. The highest BCUT2D eigenvalue weighted by Gasteiger charge is 2.15. The summed E-state index contributed by atoms with van der Waals surface area (Å²) in [7, 11) is -3.27. The fourth-order valence-electron chi connectivity index (χ4n) is 3.55. The molecule has 0 unspecified atom stereocenters. The monoisotopic (exact) mass is 422 g/mol. The minimum Gasteiger partial charge on any atom is -0.264 e. The predicted molar refractivity (Wildman–Crippen MR) is 125 cm³/mol. The van der Waals surface area contributed by atoms with Gasteiger partial charge in [-0.2, -0.15) is 5.10 Å². The lowest BCUT2D eigenvalue weighted by Gasteiger charge is -2.12. The zero-order chi connectivity index (χ0) is 22.1. The maximum atomic E-state index is 12.2. The number of allylic oxidation sites excluding steroid dienone is 1. The van der Waals surface area contributed by atoms with Crippen LogP contribution in [0.1, 0.15) is 39.0 Å². The van der Waals surface area contributed by atoms with Crippen molar-refractivity contribution >= 4 is 15.4 Å². The largest absolute Gasteiger partial charge is 0.264 e. The molecule has 0 amide bonds. The SMILES string of the molecule is C=C(C)c1cc(-c2ccc(-c3ccc(CC)c(S(C)(=O)=O)c3)cc2)n(CC(C)C)n1. The van der Waals surface area contributed by atoms with Gasteiger partial charge in [-0.05, 0) is 59.2 Å². The first-order valence-electron chi connectivity index (χ1n) is 10.3. The van der Waals surface area contributed by atoms with Crippen molar-refractivity contribution in [1.82, 2.24) is 9.78 Å². The lowest BCUT2D eigenvalue weighted by atomic mass is 10.0. The minimum absolute atomic E-state index is 0.410. The van der Waals surface area contributed by atoms with Gasteiger partial charge in [0, 0.05) is 12.8 Å². The molecule has 1 heterocycles. The third-order valence-electron chi connectivity index (χ3n) is 5.12. The molecule has 4 nitrogen and oxygen atoms in total. The summed E-state index contributed by atoms with van der Waals surface area (Å²) >= 11 is 0. The van der Waals surface area contributed by atoms with Gasteiger partial charge < -0.3 is 0 Å². The van der Waals surface area contributed by atoms with Gasteiger partial charge >= 0.3 is 0 Å². The lowest BCUT2D eigenvalue weighted by Crippen LogP contribution is -2.07. The van der Waals surface area contributed by atoms with E-state index in [0.29, 0.717) is 17.2 Å². The number of benzene rings is 2. The van der Waals surface area contributed by atoms with Gasteiger partial charge in [-0.1, -0.05) is 63.7 Å². The van der Waals surface area contributed by atoms with Crippen molar-refractivity contribution in [1.29, 1.82) is 0 Å². The van der Waals surface area contributed by atoms with Crippen LogP contribution < -0.4 is 0 Å². The molecule has 0 aliphatic carbocycles. The zero-order valence-corrected chi connectivity index (χ0v) is 19.3. The highest BCUT2D eigenvalue weighted by atomic mass is 32.2. The molecular formula is C25H30N2O2S. The van der Waals surface area contributed by atoms with Gasteiger partial charge in [0.1, 0.15) is 0 Å². The van der Waals surface area contributed by atoms with Gasteiger partial charge in [-0.3, -0.25) is 4.68 Å². The van der Waals surface area contributed by atoms with E-state index in [-0.39, 0.29) is 0 Å². The van der Waals surface area contributed by atoms with Crippen molar-refractivity contribution < 1.29 is 8.42 Å². The van der Waals surface area contributed by atoms with E-state index in [0.717, 1.165) is 45.8 Å². The van der Waals surface area contributed by atoms with Gasteiger partial charge in [0.2, 0.25) is 0 Å². The summed E-state index contributed by atoms with van der Waals surface area (Å²) in [5.41, 5.74) is 6.73. The van der Waals surface area contributed by atoms with Crippen molar-refractivity contribution in [3.63, 3.8) is 0 Å². The van der Waals surface area contributed by atoms with Crippen molar-refractivity contribution in [2.75, 3.05) is 6.26 Å². The predicted octanol–water partition coefficient (Wildman–Crippen LogP) is 5.87. The van der Waals surface area contributed by atoms with E-state index in [1.807, 2.05) is 42.8 Å². The smallest absolute Gasteiger partial charge is 0.175 e. The van der Waals surface area contributed by atoms with Crippen LogP contribution in [0.5, 0.6) is 0 Å². The zero-order valence-electron chi connectivity index (χ0n) is 18.4. The third-order valence-corrected chi connectivity index (χ3v) is 6.30. The number of nitrogens with zero attached hydrogens (tertiary/aromatic N) is 2. The number of aromatic nitrogens is 2. The molecule has 3 rings (SSSR count). The fraction of sp³-hybridized carbons (Fsp3) is 0.320. The average Bonchev–Trinajstić information content (AvgIpc) is 3.10. The topological polar surface area (TPSA) is 52.0 Å². The summed E-state index contributed by atoms with van der Waals surface area (Å²) in [5, 5.41) is 4.71. The molecule has 0 fully saturated rings. The molecule has 0 atom stereocenters. The summed E-state index contributed by atoms with van der Waals surface area (Å²) in [6.07, 6.45) is 1.95. The minimum atomic E-state index is -3.27. The van der Waals surface area contributed by atoms with E-state index in [4.69, 9.17) is 5.10 Å². The number of sulfone groups is 1. The molecule has 2 aromatic carbocycles. The van der Waals surface area contributed by atoms with Gasteiger partial charge in [0.05, 0.1) is 16.3 Å². The maximum absolute atomic E-state index is 12.2. The molecule has 5 heteroatoms. The Labute approximate surface area is 180 Å². The van der Waals surface area contributed by atoms with Crippen molar-refractivity contribution in [2.45, 2.75) is 45.6 Å². The van der Waals surface area contributed by atoms with Crippen molar-refractivity contribution in [3.8, 4) is 22.4 Å². The van der Waals surface area contributed by atoms with E-state index in [9.17, 15) is 8.42 Å². The van der Waals surface area contributed by atoms with Crippen LogP contribution in [0.25, 0.3) is 28.0 Å². The Hall–Kier alpha value is -2.66. The Morgan fingerprint density at radius 3 is 2.17 bits per heavy atom. The van der Waals surface area contributed by atoms with Gasteiger partial charge in [0.25, 0.3) is 0 Å². The number of hydrogen-bond donors (Lipinski definition) is 0. The number of hydrogen-bond acceptors (Lipinski definition) is 3. The maximum Gasteiger partial charge on any atom is 0.175 e.